The molecule has 0 bridgehead atoms. The maximum Gasteiger partial charge on any atom is 0.193 e. The van der Waals surface area contributed by atoms with E-state index >= 15 is 0 Å². The third kappa shape index (κ3) is 4.27. The number of hydrogen-bond donors (Lipinski definition) is 0. The molecule has 0 heterocycles. The summed E-state index contributed by atoms with van der Waals surface area (Å²) in [6.07, 6.45) is 10.5. The normalized spacial score (nSPS) is 14.7. The molecule has 1 heteroatoms. The highest BCUT2D eigenvalue weighted by Gasteiger charge is 2.14. The van der Waals surface area contributed by atoms with Crippen LogP contribution in [0.15, 0.2) is 114 Å². The van der Waals surface area contributed by atoms with Gasteiger partial charge in [-0.3, -0.25) is 4.79 Å². The fourth-order valence-corrected chi connectivity index (χ4v) is 3.46. The van der Waals surface area contributed by atoms with E-state index < -0.39 is 0 Å². The Morgan fingerprint density at radius 2 is 1.46 bits per heavy atom. The molecule has 0 saturated heterocycles. The highest BCUT2D eigenvalue weighted by molar-refractivity contribution is 6.09. The molecule has 0 fully saturated rings. The van der Waals surface area contributed by atoms with Gasteiger partial charge in [0.1, 0.15) is 0 Å². The van der Waals surface area contributed by atoms with Gasteiger partial charge in [0, 0.05) is 11.1 Å². The lowest BCUT2D eigenvalue weighted by Gasteiger charge is -2.13. The Bertz CT molecular complexity index is 1050. The van der Waals surface area contributed by atoms with Crippen LogP contribution in [0, 0.1) is 0 Å². The Labute approximate surface area is 166 Å². The molecule has 0 amide bonds. The number of benzene rings is 3. The first-order valence-corrected chi connectivity index (χ1v) is 9.60. The van der Waals surface area contributed by atoms with Gasteiger partial charge in [-0.25, -0.2) is 0 Å². The van der Waals surface area contributed by atoms with Gasteiger partial charge in [0.25, 0.3) is 0 Å². The third-order valence-corrected chi connectivity index (χ3v) is 4.96. The topological polar surface area (TPSA) is 17.1 Å². The highest BCUT2D eigenvalue weighted by Crippen LogP contribution is 2.23. The summed E-state index contributed by atoms with van der Waals surface area (Å²) in [5.41, 5.74) is 6.35. The van der Waals surface area contributed by atoms with Crippen LogP contribution in [0.1, 0.15) is 33.5 Å². The molecule has 28 heavy (non-hydrogen) atoms. The molecule has 1 nitrogen and oxygen atoms in total. The summed E-state index contributed by atoms with van der Waals surface area (Å²) in [6.45, 7) is 0. The zero-order valence-corrected chi connectivity index (χ0v) is 15.7. The molecule has 0 aliphatic heterocycles. The molecule has 1 aliphatic rings. The van der Waals surface area contributed by atoms with E-state index in [2.05, 4.69) is 54.6 Å². The van der Waals surface area contributed by atoms with E-state index in [0.717, 1.165) is 29.5 Å². The standard InChI is InChI=1S/C27H22O/c28-27(24-11-5-2-6-12-24)26-14-8-7-13-25(26)20-23-17-15-22(16-18-23)19-21-9-3-1-4-10-21/h1-15,17-19H,16,20H2. The van der Waals surface area contributed by atoms with Crippen molar-refractivity contribution in [2.45, 2.75) is 12.8 Å². The molecule has 0 atom stereocenters. The van der Waals surface area contributed by atoms with Gasteiger partial charge in [0.05, 0.1) is 0 Å². The van der Waals surface area contributed by atoms with Crippen molar-refractivity contribution in [2.75, 3.05) is 0 Å². The van der Waals surface area contributed by atoms with E-state index in [-0.39, 0.29) is 5.78 Å². The fraction of sp³-hybridized carbons (Fsp3) is 0.0741. The first-order valence-electron chi connectivity index (χ1n) is 9.60. The lowest BCUT2D eigenvalue weighted by Crippen LogP contribution is -2.06. The minimum absolute atomic E-state index is 0.0845. The van der Waals surface area contributed by atoms with Crippen LogP contribution in [0.2, 0.25) is 0 Å². The monoisotopic (exact) mass is 362 g/mol. The van der Waals surface area contributed by atoms with Crippen LogP contribution in [0.3, 0.4) is 0 Å². The molecule has 0 aromatic heterocycles. The van der Waals surface area contributed by atoms with E-state index in [4.69, 9.17) is 0 Å². The van der Waals surface area contributed by atoms with Crippen LogP contribution in [0.5, 0.6) is 0 Å². The zero-order chi connectivity index (χ0) is 19.2. The Morgan fingerprint density at radius 3 is 2.18 bits per heavy atom. The number of ketones is 1. The SMILES string of the molecule is O=C(c1ccccc1)c1ccccc1CC1=CCC(=Cc2ccccc2)C=C1. The van der Waals surface area contributed by atoms with Gasteiger partial charge in [0.2, 0.25) is 0 Å². The van der Waals surface area contributed by atoms with Crippen LogP contribution in [-0.2, 0) is 6.42 Å². The summed E-state index contributed by atoms with van der Waals surface area (Å²) in [5.74, 6) is 0.0845. The third-order valence-electron chi connectivity index (χ3n) is 4.96. The molecular weight excluding hydrogens is 340 g/mol. The number of carbonyl (C=O) groups is 1. The second-order valence-corrected chi connectivity index (χ2v) is 6.98. The molecule has 1 aliphatic carbocycles. The molecule has 136 valence electrons. The summed E-state index contributed by atoms with van der Waals surface area (Å²) in [4.78, 5) is 12.9. The summed E-state index contributed by atoms with van der Waals surface area (Å²) < 4.78 is 0. The second kappa shape index (κ2) is 8.49. The van der Waals surface area contributed by atoms with Crippen LogP contribution in [-0.4, -0.2) is 5.78 Å². The van der Waals surface area contributed by atoms with Gasteiger partial charge in [0.15, 0.2) is 5.78 Å². The molecule has 0 saturated carbocycles. The smallest absolute Gasteiger partial charge is 0.193 e. The summed E-state index contributed by atoms with van der Waals surface area (Å²) in [5, 5.41) is 0. The average molecular weight is 362 g/mol. The van der Waals surface area contributed by atoms with Crippen LogP contribution in [0.4, 0.5) is 0 Å². The fourth-order valence-electron chi connectivity index (χ4n) is 3.46. The van der Waals surface area contributed by atoms with Gasteiger partial charge in [-0.05, 0) is 35.1 Å². The van der Waals surface area contributed by atoms with Crippen molar-refractivity contribution in [3.8, 4) is 0 Å². The molecule has 0 unspecified atom stereocenters. The van der Waals surface area contributed by atoms with Gasteiger partial charge >= 0.3 is 0 Å². The highest BCUT2D eigenvalue weighted by atomic mass is 16.1. The van der Waals surface area contributed by atoms with Gasteiger partial charge in [-0.15, -0.1) is 0 Å². The molecule has 0 N–H and O–H groups in total. The summed E-state index contributed by atoms with van der Waals surface area (Å²) in [6, 6.07) is 27.8. The van der Waals surface area contributed by atoms with Crippen molar-refractivity contribution < 1.29 is 4.79 Å². The van der Waals surface area contributed by atoms with Crippen LogP contribution >= 0.6 is 0 Å². The van der Waals surface area contributed by atoms with E-state index in [1.54, 1.807) is 0 Å². The van der Waals surface area contributed by atoms with Crippen LogP contribution in [0.25, 0.3) is 6.08 Å². The minimum Gasteiger partial charge on any atom is -0.289 e. The molecule has 4 rings (SSSR count). The number of allylic oxidation sites excluding steroid dienone is 5. The van der Waals surface area contributed by atoms with Crippen molar-refractivity contribution in [3.63, 3.8) is 0 Å². The molecule has 3 aromatic rings. The zero-order valence-electron chi connectivity index (χ0n) is 15.7. The van der Waals surface area contributed by atoms with E-state index in [1.165, 1.54) is 16.7 Å². The summed E-state index contributed by atoms with van der Waals surface area (Å²) >= 11 is 0. The maximum absolute atomic E-state index is 12.9. The first-order chi connectivity index (χ1) is 13.8. The molecule has 0 spiro atoms. The van der Waals surface area contributed by atoms with Crippen molar-refractivity contribution in [1.29, 1.82) is 0 Å². The Hall–Kier alpha value is -3.45. The van der Waals surface area contributed by atoms with Crippen molar-refractivity contribution >= 4 is 11.9 Å². The van der Waals surface area contributed by atoms with Crippen LogP contribution < -0.4 is 0 Å². The van der Waals surface area contributed by atoms with E-state index in [9.17, 15) is 4.79 Å². The lowest BCUT2D eigenvalue weighted by atomic mass is 9.91. The average Bonchev–Trinajstić information content (AvgIpc) is 2.76. The predicted molar refractivity (Wildman–Crippen MR) is 116 cm³/mol. The molecule has 0 radical (unpaired) electrons. The summed E-state index contributed by atoms with van der Waals surface area (Å²) in [7, 11) is 0. The van der Waals surface area contributed by atoms with Crippen molar-refractivity contribution in [2.24, 2.45) is 0 Å². The van der Waals surface area contributed by atoms with Crippen molar-refractivity contribution in [1.82, 2.24) is 0 Å². The Kier molecular flexibility index (Phi) is 5.44. The molecular formula is C27H22O. The van der Waals surface area contributed by atoms with E-state index in [1.807, 2.05) is 54.6 Å². The van der Waals surface area contributed by atoms with Gasteiger partial charge in [-0.1, -0.05) is 109 Å². The largest absolute Gasteiger partial charge is 0.289 e. The Morgan fingerprint density at radius 1 is 0.786 bits per heavy atom. The quantitative estimate of drug-likeness (QED) is 0.478. The number of carbonyl (C=O) groups excluding carboxylic acids is 1. The minimum atomic E-state index is 0.0845. The first kappa shape index (κ1) is 17.9. The predicted octanol–water partition coefficient (Wildman–Crippen LogP) is 6.43. The van der Waals surface area contributed by atoms with Crippen molar-refractivity contribution in [3.05, 3.63) is 137 Å². The number of hydrogen-bond acceptors (Lipinski definition) is 1. The molecule has 3 aromatic carbocycles. The maximum atomic E-state index is 12.9. The second-order valence-electron chi connectivity index (χ2n) is 6.98. The Balaban J connectivity index is 1.51. The van der Waals surface area contributed by atoms with E-state index in [0.29, 0.717) is 0 Å². The number of rotatable bonds is 5. The lowest BCUT2D eigenvalue weighted by molar-refractivity contribution is 0.103. The van der Waals surface area contributed by atoms with Gasteiger partial charge < -0.3 is 0 Å². The van der Waals surface area contributed by atoms with Gasteiger partial charge in [-0.2, -0.15) is 0 Å².